The molecular weight excluding hydrogens is 380 g/mol. The van der Waals surface area contributed by atoms with Gasteiger partial charge in [-0.15, -0.1) is 0 Å². The molecule has 0 amide bonds. The molecule has 4 rings (SSSR count). The second-order valence-electron chi connectivity index (χ2n) is 12.4. The summed E-state index contributed by atoms with van der Waals surface area (Å²) >= 11 is 0. The van der Waals surface area contributed by atoms with Crippen molar-refractivity contribution in [3.63, 3.8) is 0 Å². The Kier molecular flexibility index (Phi) is 6.50. The molecule has 174 valence electrons. The molecule has 3 saturated carbocycles. The number of ether oxygens (including phenoxy) is 1. The van der Waals surface area contributed by atoms with Gasteiger partial charge in [-0.25, -0.2) is 0 Å². The van der Waals surface area contributed by atoms with E-state index in [1.807, 2.05) is 0 Å². The van der Waals surface area contributed by atoms with Crippen molar-refractivity contribution in [2.75, 3.05) is 0 Å². The fourth-order valence-corrected chi connectivity index (χ4v) is 8.57. The first-order chi connectivity index (χ1) is 14.6. The van der Waals surface area contributed by atoms with E-state index in [1.165, 1.54) is 44.9 Å². The Morgan fingerprint density at radius 2 is 1.90 bits per heavy atom. The minimum atomic E-state index is -0.120. The fourth-order valence-electron chi connectivity index (χ4n) is 8.57. The SMILES string of the molecule is CC(=O)OC1CCC2(C)C(=CCC3C2CCC2(C)C(C(C)C=CCC(C)C)CCC32)C1. The highest BCUT2D eigenvalue weighted by atomic mass is 16.5. The zero-order valence-corrected chi connectivity index (χ0v) is 21.0. The van der Waals surface area contributed by atoms with Crippen molar-refractivity contribution in [2.24, 2.45) is 46.3 Å². The largest absolute Gasteiger partial charge is 0.462 e. The van der Waals surface area contributed by atoms with Gasteiger partial charge in [-0.2, -0.15) is 0 Å². The Labute approximate surface area is 191 Å². The van der Waals surface area contributed by atoms with Crippen molar-refractivity contribution < 1.29 is 9.53 Å². The van der Waals surface area contributed by atoms with Crippen LogP contribution in [0.25, 0.3) is 0 Å². The predicted octanol–water partition coefficient (Wildman–Crippen LogP) is 7.74. The van der Waals surface area contributed by atoms with E-state index in [2.05, 4.69) is 52.8 Å². The lowest BCUT2D eigenvalue weighted by Crippen LogP contribution is -2.51. The second-order valence-corrected chi connectivity index (χ2v) is 12.4. The standard InChI is InChI=1S/C29H46O2/c1-19(2)8-7-9-20(3)25-12-13-26-24-11-10-22-18-23(31-21(4)30)14-16-28(22,5)27(24)15-17-29(25,26)6/h7,9-10,19-20,23-27H,8,11-18H2,1-6H3. The van der Waals surface area contributed by atoms with Crippen LogP contribution in [-0.4, -0.2) is 12.1 Å². The maximum atomic E-state index is 11.5. The van der Waals surface area contributed by atoms with Crippen LogP contribution in [0.1, 0.15) is 99.3 Å². The molecule has 0 radical (unpaired) electrons. The van der Waals surface area contributed by atoms with Crippen molar-refractivity contribution in [1.29, 1.82) is 0 Å². The predicted molar refractivity (Wildman–Crippen MR) is 129 cm³/mol. The Balaban J connectivity index is 1.50. The van der Waals surface area contributed by atoms with Crippen LogP contribution in [-0.2, 0) is 9.53 Å². The van der Waals surface area contributed by atoms with Crippen LogP contribution in [0.2, 0.25) is 0 Å². The van der Waals surface area contributed by atoms with E-state index >= 15 is 0 Å². The van der Waals surface area contributed by atoms with E-state index in [1.54, 1.807) is 12.5 Å². The van der Waals surface area contributed by atoms with Crippen molar-refractivity contribution in [1.82, 2.24) is 0 Å². The fraction of sp³-hybridized carbons (Fsp3) is 0.828. The summed E-state index contributed by atoms with van der Waals surface area (Å²) in [5.41, 5.74) is 2.45. The lowest BCUT2D eigenvalue weighted by Gasteiger charge is -2.58. The average molecular weight is 427 g/mol. The van der Waals surface area contributed by atoms with Crippen LogP contribution in [0.5, 0.6) is 0 Å². The third kappa shape index (κ3) is 4.18. The first kappa shape index (κ1) is 23.1. The van der Waals surface area contributed by atoms with E-state index in [0.717, 1.165) is 42.4 Å². The van der Waals surface area contributed by atoms with Crippen LogP contribution in [0.4, 0.5) is 0 Å². The molecule has 0 spiro atoms. The van der Waals surface area contributed by atoms with E-state index in [9.17, 15) is 4.79 Å². The summed E-state index contributed by atoms with van der Waals surface area (Å²) in [7, 11) is 0. The van der Waals surface area contributed by atoms with Crippen LogP contribution in [0.15, 0.2) is 23.8 Å². The van der Waals surface area contributed by atoms with Crippen LogP contribution in [0.3, 0.4) is 0 Å². The highest BCUT2D eigenvalue weighted by Gasteiger charge is 2.59. The number of hydrogen-bond acceptors (Lipinski definition) is 2. The summed E-state index contributed by atoms with van der Waals surface area (Å²) in [6.45, 7) is 13.9. The molecule has 0 aliphatic heterocycles. The number of hydrogen-bond donors (Lipinski definition) is 0. The minimum absolute atomic E-state index is 0.108. The lowest BCUT2D eigenvalue weighted by atomic mass is 9.47. The van der Waals surface area contributed by atoms with Crippen molar-refractivity contribution >= 4 is 5.97 Å². The van der Waals surface area contributed by atoms with Crippen molar-refractivity contribution in [2.45, 2.75) is 105 Å². The highest BCUT2D eigenvalue weighted by Crippen LogP contribution is 2.67. The van der Waals surface area contributed by atoms with Gasteiger partial charge >= 0.3 is 5.97 Å². The zero-order valence-electron chi connectivity index (χ0n) is 21.0. The van der Waals surface area contributed by atoms with E-state index in [-0.39, 0.29) is 12.1 Å². The van der Waals surface area contributed by atoms with E-state index in [4.69, 9.17) is 4.74 Å². The van der Waals surface area contributed by atoms with Gasteiger partial charge in [-0.1, -0.05) is 58.4 Å². The smallest absolute Gasteiger partial charge is 0.302 e. The summed E-state index contributed by atoms with van der Waals surface area (Å²) in [6.07, 6.45) is 19.0. The summed E-state index contributed by atoms with van der Waals surface area (Å²) in [4.78, 5) is 11.5. The molecular formula is C29H46O2. The molecule has 0 saturated heterocycles. The van der Waals surface area contributed by atoms with Gasteiger partial charge < -0.3 is 4.74 Å². The molecule has 4 aliphatic rings. The van der Waals surface area contributed by atoms with Gasteiger partial charge in [-0.3, -0.25) is 4.79 Å². The second kappa shape index (κ2) is 8.71. The third-order valence-electron chi connectivity index (χ3n) is 10.1. The van der Waals surface area contributed by atoms with Gasteiger partial charge in [0.15, 0.2) is 0 Å². The van der Waals surface area contributed by atoms with Crippen molar-refractivity contribution in [3.8, 4) is 0 Å². The molecule has 3 fully saturated rings. The van der Waals surface area contributed by atoms with Crippen LogP contribution < -0.4 is 0 Å². The molecule has 0 aromatic carbocycles. The van der Waals surface area contributed by atoms with Gasteiger partial charge in [0.05, 0.1) is 0 Å². The molecule has 2 nitrogen and oxygen atoms in total. The number of carbonyl (C=O) groups excluding carboxylic acids is 1. The molecule has 2 heteroatoms. The van der Waals surface area contributed by atoms with Gasteiger partial charge in [0.2, 0.25) is 0 Å². The van der Waals surface area contributed by atoms with E-state index < -0.39 is 0 Å². The average Bonchev–Trinajstić information content (AvgIpc) is 3.05. The molecule has 0 aromatic heterocycles. The first-order valence-corrected chi connectivity index (χ1v) is 13.2. The Hall–Kier alpha value is -1.05. The third-order valence-corrected chi connectivity index (χ3v) is 10.1. The maximum Gasteiger partial charge on any atom is 0.302 e. The molecule has 8 unspecified atom stereocenters. The Morgan fingerprint density at radius 3 is 2.61 bits per heavy atom. The van der Waals surface area contributed by atoms with Gasteiger partial charge in [0.25, 0.3) is 0 Å². The first-order valence-electron chi connectivity index (χ1n) is 13.2. The molecule has 4 aliphatic carbocycles. The monoisotopic (exact) mass is 426 g/mol. The number of rotatable bonds is 5. The number of carbonyl (C=O) groups is 1. The minimum Gasteiger partial charge on any atom is -0.462 e. The van der Waals surface area contributed by atoms with Gasteiger partial charge in [-0.05, 0) is 97.7 Å². The Morgan fingerprint density at radius 1 is 1.13 bits per heavy atom. The Bertz CT molecular complexity index is 733. The zero-order chi connectivity index (χ0) is 22.4. The summed E-state index contributed by atoms with van der Waals surface area (Å²) < 4.78 is 5.61. The van der Waals surface area contributed by atoms with Crippen LogP contribution >= 0.6 is 0 Å². The molecule has 0 bridgehead atoms. The lowest BCUT2D eigenvalue weighted by molar-refractivity contribution is -0.148. The molecule has 31 heavy (non-hydrogen) atoms. The van der Waals surface area contributed by atoms with Gasteiger partial charge in [0, 0.05) is 13.3 Å². The molecule has 0 heterocycles. The van der Waals surface area contributed by atoms with Crippen LogP contribution in [0, 0.1) is 46.3 Å². The van der Waals surface area contributed by atoms with E-state index in [0.29, 0.717) is 16.7 Å². The van der Waals surface area contributed by atoms with Gasteiger partial charge in [0.1, 0.15) is 6.10 Å². The summed E-state index contributed by atoms with van der Waals surface area (Å²) in [5, 5.41) is 0. The highest BCUT2D eigenvalue weighted by molar-refractivity contribution is 5.66. The normalized spacial score (nSPS) is 43.2. The molecule has 8 atom stereocenters. The summed E-state index contributed by atoms with van der Waals surface area (Å²) in [5.74, 6) is 4.76. The van der Waals surface area contributed by atoms with Crippen molar-refractivity contribution in [3.05, 3.63) is 23.8 Å². The quantitative estimate of drug-likeness (QED) is 0.332. The number of esters is 1. The number of fused-ring (bicyclic) bond motifs is 5. The molecule has 0 aromatic rings. The summed E-state index contributed by atoms with van der Waals surface area (Å²) in [6, 6.07) is 0. The maximum absolute atomic E-state index is 11.5. The number of allylic oxidation sites excluding steroid dienone is 3. The topological polar surface area (TPSA) is 26.3 Å². The molecule has 0 N–H and O–H groups in total.